The third kappa shape index (κ3) is 5.67. The number of para-hydroxylation sites is 3. The van der Waals surface area contributed by atoms with E-state index in [1.54, 1.807) is 0 Å². The number of nitrogens with zero attached hydrogens (tertiary/aromatic N) is 5. The first-order valence-electron chi connectivity index (χ1n) is 21.5. The Labute approximate surface area is 363 Å². The number of aromatic nitrogens is 5. The van der Waals surface area contributed by atoms with Crippen molar-refractivity contribution in [2.45, 2.75) is 6.42 Å². The number of hydrogen-bond donors (Lipinski definition) is 0. The first kappa shape index (κ1) is 35.4. The smallest absolute Gasteiger partial charge is 0.164 e. The Morgan fingerprint density at radius 1 is 0.302 bits per heavy atom. The van der Waals surface area contributed by atoms with E-state index < -0.39 is 0 Å². The highest BCUT2D eigenvalue weighted by Gasteiger charge is 2.26. The Morgan fingerprint density at radius 2 is 0.810 bits per heavy atom. The van der Waals surface area contributed by atoms with Crippen molar-refractivity contribution in [1.29, 1.82) is 0 Å². The maximum atomic E-state index is 5.16. The normalized spacial score (nSPS) is 12.1. The number of benzene rings is 9. The predicted molar refractivity (Wildman–Crippen MR) is 258 cm³/mol. The molecule has 0 fully saturated rings. The minimum absolute atomic E-state index is 0.661. The molecule has 0 N–H and O–H groups in total. The number of hydrogen-bond acceptors (Lipinski definition) is 3. The van der Waals surface area contributed by atoms with E-state index in [1.807, 2.05) is 36.4 Å². The molecule has 0 bridgehead atoms. The first-order chi connectivity index (χ1) is 31.2. The van der Waals surface area contributed by atoms with E-state index in [0.717, 1.165) is 34.5 Å². The molecule has 5 nitrogen and oxygen atoms in total. The highest BCUT2D eigenvalue weighted by atomic mass is 15.0. The van der Waals surface area contributed by atoms with Crippen LogP contribution in [-0.4, -0.2) is 24.1 Å². The SMILES string of the molecule is c1ccc(-c2nc(-c3ccccc3)nc(-c3cccc4c3-c3cc(-c5ccc6c(c5)c5cc7c(cc5n6-c5ccccc5)c5ccccc5n7-c5ccccc5)ccc3C4)n2)cc1. The highest BCUT2D eigenvalue weighted by Crippen LogP contribution is 2.46. The lowest BCUT2D eigenvalue weighted by Crippen LogP contribution is -2.01. The molecule has 0 saturated carbocycles. The average Bonchev–Trinajstić information content (AvgIpc) is 4.01. The van der Waals surface area contributed by atoms with Crippen LogP contribution in [0.2, 0.25) is 0 Å². The van der Waals surface area contributed by atoms with Gasteiger partial charge >= 0.3 is 0 Å². The fraction of sp³-hybridized carbons (Fsp3) is 0.0172. The minimum atomic E-state index is 0.661. The lowest BCUT2D eigenvalue weighted by molar-refractivity contribution is 1.07. The van der Waals surface area contributed by atoms with Crippen molar-refractivity contribution in [3.05, 3.63) is 223 Å². The molecule has 0 unspecified atom stereocenters. The van der Waals surface area contributed by atoms with Crippen LogP contribution in [0.5, 0.6) is 0 Å². The van der Waals surface area contributed by atoms with Gasteiger partial charge in [0.1, 0.15) is 0 Å². The van der Waals surface area contributed by atoms with Gasteiger partial charge in [0.15, 0.2) is 17.5 Å². The molecule has 1 aliphatic carbocycles. The second-order valence-corrected chi connectivity index (χ2v) is 16.4. The van der Waals surface area contributed by atoms with Crippen molar-refractivity contribution < 1.29 is 0 Å². The summed E-state index contributed by atoms with van der Waals surface area (Å²) in [5, 5.41) is 4.91. The fourth-order valence-electron chi connectivity index (χ4n) is 9.90. The van der Waals surface area contributed by atoms with Crippen molar-refractivity contribution in [1.82, 2.24) is 24.1 Å². The largest absolute Gasteiger partial charge is 0.309 e. The summed E-state index contributed by atoms with van der Waals surface area (Å²) in [5.74, 6) is 1.99. The molecule has 3 aromatic heterocycles. The van der Waals surface area contributed by atoms with Gasteiger partial charge in [0, 0.05) is 49.6 Å². The van der Waals surface area contributed by atoms with Crippen LogP contribution in [0.15, 0.2) is 212 Å². The molecular formula is C58H37N5. The molecule has 294 valence electrons. The van der Waals surface area contributed by atoms with Gasteiger partial charge in [-0.2, -0.15) is 0 Å². The lowest BCUT2D eigenvalue weighted by Gasteiger charge is -2.13. The summed E-state index contributed by atoms with van der Waals surface area (Å²) in [7, 11) is 0. The van der Waals surface area contributed by atoms with Crippen molar-refractivity contribution in [3.8, 4) is 67.8 Å². The van der Waals surface area contributed by atoms with Crippen molar-refractivity contribution in [3.63, 3.8) is 0 Å². The third-order valence-corrected chi connectivity index (χ3v) is 12.8. The van der Waals surface area contributed by atoms with E-state index in [-0.39, 0.29) is 0 Å². The molecule has 0 atom stereocenters. The molecule has 0 spiro atoms. The second kappa shape index (κ2) is 14.1. The summed E-state index contributed by atoms with van der Waals surface area (Å²) in [6, 6.07) is 76.0. The van der Waals surface area contributed by atoms with E-state index in [9.17, 15) is 0 Å². The maximum absolute atomic E-state index is 5.16. The summed E-state index contributed by atoms with van der Waals surface area (Å²) in [4.78, 5) is 15.3. The molecule has 12 aromatic rings. The quantitative estimate of drug-likeness (QED) is 0.168. The van der Waals surface area contributed by atoms with Crippen LogP contribution >= 0.6 is 0 Å². The first-order valence-corrected chi connectivity index (χ1v) is 21.5. The van der Waals surface area contributed by atoms with Crippen LogP contribution in [0.1, 0.15) is 11.1 Å². The molecule has 13 rings (SSSR count). The molecule has 0 radical (unpaired) electrons. The zero-order valence-corrected chi connectivity index (χ0v) is 34.2. The van der Waals surface area contributed by atoms with Crippen molar-refractivity contribution in [2.75, 3.05) is 0 Å². The van der Waals surface area contributed by atoms with Crippen LogP contribution in [0.4, 0.5) is 0 Å². The number of rotatable bonds is 6. The lowest BCUT2D eigenvalue weighted by atomic mass is 9.95. The van der Waals surface area contributed by atoms with Crippen molar-refractivity contribution >= 4 is 43.6 Å². The van der Waals surface area contributed by atoms with Gasteiger partial charge in [-0.1, -0.05) is 152 Å². The van der Waals surface area contributed by atoms with Gasteiger partial charge < -0.3 is 9.13 Å². The molecule has 9 aromatic carbocycles. The molecule has 0 aliphatic heterocycles. The Morgan fingerprint density at radius 3 is 1.46 bits per heavy atom. The van der Waals surface area contributed by atoms with E-state index in [1.165, 1.54) is 77.0 Å². The van der Waals surface area contributed by atoms with Gasteiger partial charge in [0.2, 0.25) is 0 Å². The van der Waals surface area contributed by atoms with Crippen LogP contribution in [0.3, 0.4) is 0 Å². The summed E-state index contributed by atoms with van der Waals surface area (Å²) in [5.41, 5.74) is 17.3. The monoisotopic (exact) mass is 803 g/mol. The Kier molecular flexibility index (Phi) is 7.90. The second-order valence-electron chi connectivity index (χ2n) is 16.4. The minimum Gasteiger partial charge on any atom is -0.309 e. The highest BCUT2D eigenvalue weighted by molar-refractivity contribution is 6.19. The fourth-order valence-corrected chi connectivity index (χ4v) is 9.90. The van der Waals surface area contributed by atoms with Crippen LogP contribution < -0.4 is 0 Å². The van der Waals surface area contributed by atoms with Crippen LogP contribution in [-0.2, 0) is 6.42 Å². The Balaban J connectivity index is 1.00. The van der Waals surface area contributed by atoms with E-state index in [0.29, 0.717) is 17.5 Å². The summed E-state index contributed by atoms with van der Waals surface area (Å²) >= 11 is 0. The van der Waals surface area contributed by atoms with Gasteiger partial charge in [-0.3, -0.25) is 0 Å². The van der Waals surface area contributed by atoms with Gasteiger partial charge in [0.05, 0.1) is 22.1 Å². The van der Waals surface area contributed by atoms with Gasteiger partial charge in [0.25, 0.3) is 0 Å². The van der Waals surface area contributed by atoms with Gasteiger partial charge in [-0.15, -0.1) is 0 Å². The van der Waals surface area contributed by atoms with E-state index in [4.69, 9.17) is 15.0 Å². The molecular weight excluding hydrogens is 767 g/mol. The standard InChI is InChI=1S/C58H37N5/c1-5-16-37(17-6-1)56-59-57(38-18-7-2-8-19-38)61-58(60-56)46-26-15-20-42-32-41-29-28-39(33-47(41)55(42)46)40-30-31-52-48(34-40)50-36-53-49(35-54(50)63(52)44-23-11-4-12-24-44)45-25-13-14-27-51(45)62(53)43-21-9-3-10-22-43/h1-31,33-36H,32H2. The molecule has 5 heteroatoms. The Bertz CT molecular complexity index is 3680. The van der Waals surface area contributed by atoms with E-state index >= 15 is 0 Å². The van der Waals surface area contributed by atoms with E-state index in [2.05, 4.69) is 185 Å². The molecule has 0 saturated heterocycles. The summed E-state index contributed by atoms with van der Waals surface area (Å²) < 4.78 is 4.84. The van der Waals surface area contributed by atoms with Crippen molar-refractivity contribution in [2.24, 2.45) is 0 Å². The van der Waals surface area contributed by atoms with Crippen LogP contribution in [0.25, 0.3) is 111 Å². The van der Waals surface area contributed by atoms with Crippen LogP contribution in [0, 0.1) is 0 Å². The molecule has 3 heterocycles. The zero-order chi connectivity index (χ0) is 41.4. The summed E-state index contributed by atoms with van der Waals surface area (Å²) in [6.07, 6.45) is 0.857. The van der Waals surface area contributed by atoms with Gasteiger partial charge in [-0.25, -0.2) is 15.0 Å². The molecule has 0 amide bonds. The number of fused-ring (bicyclic) bond motifs is 9. The summed E-state index contributed by atoms with van der Waals surface area (Å²) in [6.45, 7) is 0. The topological polar surface area (TPSA) is 48.5 Å². The predicted octanol–water partition coefficient (Wildman–Crippen LogP) is 14.3. The zero-order valence-electron chi connectivity index (χ0n) is 34.2. The maximum Gasteiger partial charge on any atom is 0.164 e. The molecule has 1 aliphatic rings. The molecule has 63 heavy (non-hydrogen) atoms. The van der Waals surface area contributed by atoms with Gasteiger partial charge in [-0.05, 0) is 100 Å². The third-order valence-electron chi connectivity index (χ3n) is 12.8. The Hall–Kier alpha value is -8.41. The average molecular weight is 804 g/mol.